The van der Waals surface area contributed by atoms with Gasteiger partial charge in [0, 0.05) is 23.2 Å². The Balaban J connectivity index is 2.15. The molecule has 0 aliphatic heterocycles. The predicted octanol–water partition coefficient (Wildman–Crippen LogP) is 5.81. The first kappa shape index (κ1) is 15.0. The van der Waals surface area contributed by atoms with Crippen molar-refractivity contribution in [1.29, 1.82) is 0 Å². The van der Waals surface area contributed by atoms with Crippen LogP contribution in [0.1, 0.15) is 63.5 Å². The minimum Gasteiger partial charge on any atom is -0.254 e. The number of hydrogen-bond acceptors (Lipinski definition) is 2. The molecule has 0 saturated heterocycles. The van der Waals surface area contributed by atoms with E-state index in [4.69, 9.17) is 9.97 Å². The van der Waals surface area contributed by atoms with Gasteiger partial charge in [-0.25, -0.2) is 0 Å². The summed E-state index contributed by atoms with van der Waals surface area (Å²) in [5.41, 5.74) is 4.65. The number of pyridine rings is 2. The Bertz CT molecular complexity index is 739. The number of fused-ring (bicyclic) bond motifs is 3. The van der Waals surface area contributed by atoms with Crippen molar-refractivity contribution in [2.75, 3.05) is 0 Å². The quantitative estimate of drug-likeness (QED) is 0.567. The number of nitrogens with zero attached hydrogens (tertiary/aromatic N) is 2. The van der Waals surface area contributed by atoms with Gasteiger partial charge in [0.1, 0.15) is 0 Å². The third-order valence-corrected chi connectivity index (χ3v) is 4.91. The van der Waals surface area contributed by atoms with Crippen molar-refractivity contribution < 1.29 is 0 Å². The zero-order chi connectivity index (χ0) is 15.7. The summed E-state index contributed by atoms with van der Waals surface area (Å²) in [5.74, 6) is 1.10. The van der Waals surface area contributed by atoms with E-state index in [2.05, 4.69) is 52.0 Å². The average Bonchev–Trinajstić information content (AvgIpc) is 2.59. The standard InChI is InChI=1S/C20H24N2/c1-5-13(3)17-9-15-7-8-16-10-18(14(4)6-2)12-22-20(16)19(15)21-11-17/h7-14H,5-6H2,1-4H3/t13-,14-/m0/s1. The average molecular weight is 292 g/mol. The van der Waals surface area contributed by atoms with Gasteiger partial charge < -0.3 is 0 Å². The molecule has 3 rings (SSSR count). The summed E-state index contributed by atoms with van der Waals surface area (Å²) >= 11 is 0. The molecule has 0 radical (unpaired) electrons. The Kier molecular flexibility index (Phi) is 4.10. The molecule has 0 aliphatic carbocycles. The first-order valence-electron chi connectivity index (χ1n) is 8.32. The lowest BCUT2D eigenvalue weighted by Gasteiger charge is -2.12. The number of rotatable bonds is 4. The minimum absolute atomic E-state index is 0.549. The van der Waals surface area contributed by atoms with Crippen LogP contribution in [0.15, 0.2) is 36.7 Å². The fourth-order valence-electron chi connectivity index (χ4n) is 2.84. The Labute approximate surface area is 132 Å². The van der Waals surface area contributed by atoms with E-state index in [-0.39, 0.29) is 0 Å². The maximum absolute atomic E-state index is 4.71. The van der Waals surface area contributed by atoms with Gasteiger partial charge in [-0.15, -0.1) is 0 Å². The van der Waals surface area contributed by atoms with Crippen LogP contribution >= 0.6 is 0 Å². The normalized spacial score (nSPS) is 14.4. The Hall–Kier alpha value is -1.96. The molecule has 22 heavy (non-hydrogen) atoms. The molecule has 114 valence electrons. The maximum atomic E-state index is 4.71. The van der Waals surface area contributed by atoms with Gasteiger partial charge in [0.05, 0.1) is 11.0 Å². The van der Waals surface area contributed by atoms with E-state index >= 15 is 0 Å². The van der Waals surface area contributed by atoms with Gasteiger partial charge in [0.25, 0.3) is 0 Å². The molecule has 0 spiro atoms. The number of benzene rings is 1. The summed E-state index contributed by atoms with van der Waals surface area (Å²) in [5, 5.41) is 2.38. The summed E-state index contributed by atoms with van der Waals surface area (Å²) < 4.78 is 0. The van der Waals surface area contributed by atoms with Crippen LogP contribution in [0.2, 0.25) is 0 Å². The predicted molar refractivity (Wildman–Crippen MR) is 94.5 cm³/mol. The Morgan fingerprint density at radius 2 is 1.18 bits per heavy atom. The molecule has 2 aromatic heterocycles. The third kappa shape index (κ3) is 2.58. The summed E-state index contributed by atoms with van der Waals surface area (Å²) in [6.07, 6.45) is 6.30. The van der Waals surface area contributed by atoms with E-state index < -0.39 is 0 Å². The summed E-state index contributed by atoms with van der Waals surface area (Å²) in [4.78, 5) is 9.42. The van der Waals surface area contributed by atoms with Crippen molar-refractivity contribution in [3.05, 3.63) is 47.8 Å². The van der Waals surface area contributed by atoms with Crippen LogP contribution in [0.5, 0.6) is 0 Å². The van der Waals surface area contributed by atoms with Gasteiger partial charge in [0.2, 0.25) is 0 Å². The van der Waals surface area contributed by atoms with Crippen molar-refractivity contribution in [2.45, 2.75) is 52.4 Å². The molecular formula is C20H24N2. The molecule has 1 aromatic carbocycles. The summed E-state index contributed by atoms with van der Waals surface area (Å²) in [6.45, 7) is 8.93. The van der Waals surface area contributed by atoms with Gasteiger partial charge in [-0.05, 0) is 47.9 Å². The van der Waals surface area contributed by atoms with Crippen LogP contribution in [-0.2, 0) is 0 Å². The SMILES string of the molecule is CC[C@H](C)c1cnc2c(ccc3cc([C@@H](C)CC)cnc32)c1. The highest BCUT2D eigenvalue weighted by atomic mass is 14.7. The van der Waals surface area contributed by atoms with Gasteiger partial charge in [-0.1, -0.05) is 39.8 Å². The molecule has 0 saturated carbocycles. The van der Waals surface area contributed by atoms with Crippen molar-refractivity contribution in [3.8, 4) is 0 Å². The second-order valence-corrected chi connectivity index (χ2v) is 6.36. The van der Waals surface area contributed by atoms with Gasteiger partial charge in [0.15, 0.2) is 0 Å². The molecular weight excluding hydrogens is 268 g/mol. The second kappa shape index (κ2) is 6.04. The van der Waals surface area contributed by atoms with E-state index in [0.717, 1.165) is 23.9 Å². The Morgan fingerprint density at radius 1 is 0.773 bits per heavy atom. The highest BCUT2D eigenvalue weighted by Crippen LogP contribution is 2.28. The monoisotopic (exact) mass is 292 g/mol. The Morgan fingerprint density at radius 3 is 1.55 bits per heavy atom. The number of hydrogen-bond donors (Lipinski definition) is 0. The largest absolute Gasteiger partial charge is 0.254 e. The maximum Gasteiger partial charge on any atom is 0.0964 e. The smallest absolute Gasteiger partial charge is 0.0964 e. The fourth-order valence-corrected chi connectivity index (χ4v) is 2.84. The zero-order valence-electron chi connectivity index (χ0n) is 13.9. The lowest BCUT2D eigenvalue weighted by atomic mass is 9.97. The molecule has 2 heterocycles. The van der Waals surface area contributed by atoms with Crippen molar-refractivity contribution in [2.24, 2.45) is 0 Å². The van der Waals surface area contributed by atoms with Gasteiger partial charge >= 0.3 is 0 Å². The lowest BCUT2D eigenvalue weighted by Crippen LogP contribution is -1.96. The minimum atomic E-state index is 0.549. The topological polar surface area (TPSA) is 25.8 Å². The third-order valence-electron chi connectivity index (χ3n) is 4.91. The summed E-state index contributed by atoms with van der Waals surface area (Å²) in [6, 6.07) is 8.89. The van der Waals surface area contributed by atoms with E-state index in [1.165, 1.54) is 21.9 Å². The fraction of sp³-hybridized carbons (Fsp3) is 0.400. The molecule has 0 bridgehead atoms. The van der Waals surface area contributed by atoms with Gasteiger partial charge in [-0.2, -0.15) is 0 Å². The molecule has 0 aliphatic rings. The van der Waals surface area contributed by atoms with Crippen LogP contribution in [0.4, 0.5) is 0 Å². The lowest BCUT2D eigenvalue weighted by molar-refractivity contribution is 0.731. The highest BCUT2D eigenvalue weighted by molar-refractivity contribution is 6.02. The molecule has 0 fully saturated rings. The van der Waals surface area contributed by atoms with Crippen molar-refractivity contribution >= 4 is 21.8 Å². The first-order valence-corrected chi connectivity index (χ1v) is 8.32. The molecule has 0 amide bonds. The molecule has 2 atom stereocenters. The first-order chi connectivity index (χ1) is 10.6. The van der Waals surface area contributed by atoms with Gasteiger partial charge in [-0.3, -0.25) is 9.97 Å². The van der Waals surface area contributed by atoms with E-state index in [9.17, 15) is 0 Å². The molecule has 2 nitrogen and oxygen atoms in total. The highest BCUT2D eigenvalue weighted by Gasteiger charge is 2.10. The number of aromatic nitrogens is 2. The van der Waals surface area contributed by atoms with Crippen molar-refractivity contribution in [3.63, 3.8) is 0 Å². The summed E-state index contributed by atoms with van der Waals surface area (Å²) in [7, 11) is 0. The van der Waals surface area contributed by atoms with Crippen LogP contribution < -0.4 is 0 Å². The molecule has 0 unspecified atom stereocenters. The van der Waals surface area contributed by atoms with Crippen molar-refractivity contribution in [1.82, 2.24) is 9.97 Å². The van der Waals surface area contributed by atoms with Crippen LogP contribution in [-0.4, -0.2) is 9.97 Å². The van der Waals surface area contributed by atoms with Crippen LogP contribution in [0.3, 0.4) is 0 Å². The zero-order valence-corrected chi connectivity index (χ0v) is 13.9. The second-order valence-electron chi connectivity index (χ2n) is 6.36. The molecule has 3 aromatic rings. The van der Waals surface area contributed by atoms with E-state index in [1.54, 1.807) is 0 Å². The van der Waals surface area contributed by atoms with E-state index in [1.807, 2.05) is 12.4 Å². The van der Waals surface area contributed by atoms with Crippen LogP contribution in [0, 0.1) is 0 Å². The van der Waals surface area contributed by atoms with Crippen LogP contribution in [0.25, 0.3) is 21.8 Å². The van der Waals surface area contributed by atoms with E-state index in [0.29, 0.717) is 11.8 Å². The molecule has 2 heteroatoms. The molecule has 0 N–H and O–H groups in total.